The Labute approximate surface area is 116 Å². The highest BCUT2D eigenvalue weighted by Gasteiger charge is 2.44. The molecule has 0 aromatic carbocycles. The molecule has 0 bridgehead atoms. The van der Waals surface area contributed by atoms with Crippen LogP contribution in [0.25, 0.3) is 0 Å². The molecular formula is C9H12N2O9P-. The maximum absolute atomic E-state index is 11.6. The number of aromatic amines is 1. The number of aromatic nitrogens is 2. The summed E-state index contributed by atoms with van der Waals surface area (Å²) in [6.07, 6.45) is -4.71. The smallest absolute Gasteiger partial charge is 0.330 e. The minimum Gasteiger partial charge on any atom is -0.756 e. The molecule has 1 aromatic rings. The van der Waals surface area contributed by atoms with Crippen molar-refractivity contribution < 1.29 is 33.8 Å². The van der Waals surface area contributed by atoms with E-state index in [0.717, 1.165) is 16.8 Å². The van der Waals surface area contributed by atoms with Crippen molar-refractivity contribution in [2.24, 2.45) is 0 Å². The Morgan fingerprint density at radius 3 is 2.67 bits per heavy atom. The lowest BCUT2D eigenvalue weighted by Gasteiger charge is -2.20. The summed E-state index contributed by atoms with van der Waals surface area (Å²) < 4.78 is 20.5. The van der Waals surface area contributed by atoms with Gasteiger partial charge in [0.1, 0.15) is 18.3 Å². The number of nitrogens with zero attached hydrogens (tertiary/aromatic N) is 1. The normalized spacial score (nSPS) is 32.0. The van der Waals surface area contributed by atoms with Gasteiger partial charge in [0.25, 0.3) is 13.4 Å². The number of H-pyrrole nitrogens is 1. The topological polar surface area (TPSA) is 174 Å². The molecule has 2 heterocycles. The number of aliphatic hydroxyl groups is 2. The van der Waals surface area contributed by atoms with Crippen LogP contribution in [0, 0.1) is 0 Å². The van der Waals surface area contributed by atoms with Crippen LogP contribution >= 0.6 is 7.82 Å². The number of rotatable bonds is 4. The van der Waals surface area contributed by atoms with E-state index < -0.39 is 50.2 Å². The third-order valence-corrected chi connectivity index (χ3v) is 3.34. The van der Waals surface area contributed by atoms with Crippen molar-refractivity contribution in [2.75, 3.05) is 6.61 Å². The Hall–Kier alpha value is -1.33. The average molecular weight is 323 g/mol. The summed E-state index contributed by atoms with van der Waals surface area (Å²) in [5, 5.41) is 19.5. The fraction of sp³-hybridized carbons (Fsp3) is 0.556. The van der Waals surface area contributed by atoms with Crippen LogP contribution in [0.4, 0.5) is 0 Å². The molecule has 21 heavy (non-hydrogen) atoms. The van der Waals surface area contributed by atoms with Crippen molar-refractivity contribution in [1.82, 2.24) is 9.55 Å². The Balaban J connectivity index is 2.18. The second-order valence-electron chi connectivity index (χ2n) is 4.33. The van der Waals surface area contributed by atoms with Crippen molar-refractivity contribution in [2.45, 2.75) is 24.5 Å². The van der Waals surface area contributed by atoms with Crippen molar-refractivity contribution in [1.29, 1.82) is 0 Å². The monoisotopic (exact) mass is 323 g/mol. The molecule has 4 N–H and O–H groups in total. The first-order valence-corrected chi connectivity index (χ1v) is 7.20. The van der Waals surface area contributed by atoms with E-state index in [1.165, 1.54) is 0 Å². The molecule has 5 unspecified atom stereocenters. The van der Waals surface area contributed by atoms with Crippen LogP contribution in [-0.4, -0.2) is 49.6 Å². The summed E-state index contributed by atoms with van der Waals surface area (Å²) in [6.45, 7) is -0.746. The molecule has 2 rings (SSSR count). The molecule has 0 amide bonds. The van der Waals surface area contributed by atoms with Crippen molar-refractivity contribution >= 4 is 7.82 Å². The number of ether oxygens (including phenoxy) is 1. The Kier molecular flexibility index (Phi) is 4.44. The van der Waals surface area contributed by atoms with Gasteiger partial charge < -0.3 is 29.3 Å². The van der Waals surface area contributed by atoms with E-state index in [1.807, 2.05) is 4.98 Å². The summed E-state index contributed by atoms with van der Waals surface area (Å²) in [6, 6.07) is 1.01. The summed E-state index contributed by atoms with van der Waals surface area (Å²) in [7, 11) is -5.01. The van der Waals surface area contributed by atoms with Gasteiger partial charge >= 0.3 is 5.69 Å². The molecule has 1 aromatic heterocycles. The van der Waals surface area contributed by atoms with Gasteiger partial charge in [0.05, 0.1) is 6.61 Å². The zero-order valence-corrected chi connectivity index (χ0v) is 11.3. The maximum Gasteiger partial charge on any atom is 0.330 e. The van der Waals surface area contributed by atoms with Crippen LogP contribution < -0.4 is 16.1 Å². The summed E-state index contributed by atoms with van der Waals surface area (Å²) in [4.78, 5) is 43.4. The number of hydrogen-bond donors (Lipinski definition) is 4. The fourth-order valence-corrected chi connectivity index (χ4v) is 2.23. The van der Waals surface area contributed by atoms with Gasteiger partial charge in [0, 0.05) is 12.3 Å². The Morgan fingerprint density at radius 2 is 2.10 bits per heavy atom. The molecule has 5 atom stereocenters. The number of hydrogen-bond acceptors (Lipinski definition) is 8. The number of aliphatic hydroxyl groups excluding tert-OH is 2. The van der Waals surface area contributed by atoms with Crippen LogP contribution in [0.15, 0.2) is 21.9 Å². The van der Waals surface area contributed by atoms with E-state index in [0.29, 0.717) is 0 Å². The average Bonchev–Trinajstić information content (AvgIpc) is 2.64. The van der Waals surface area contributed by atoms with Crippen LogP contribution in [0.1, 0.15) is 6.23 Å². The minimum absolute atomic E-state index is 0.656. The fourth-order valence-electron chi connectivity index (χ4n) is 1.89. The van der Waals surface area contributed by atoms with Gasteiger partial charge in [0.15, 0.2) is 6.23 Å². The van der Waals surface area contributed by atoms with E-state index in [1.54, 1.807) is 0 Å². The molecule has 1 aliphatic heterocycles. The van der Waals surface area contributed by atoms with Crippen molar-refractivity contribution in [3.05, 3.63) is 33.1 Å². The lowest BCUT2D eigenvalue weighted by molar-refractivity contribution is -0.222. The molecule has 12 heteroatoms. The molecule has 0 saturated carbocycles. The van der Waals surface area contributed by atoms with E-state index in [4.69, 9.17) is 9.63 Å². The SMILES string of the molecule is O=c1ccn(C2OC(COP(=O)([O-])O)C(O)C2O)c(=O)[nH]1. The predicted molar refractivity (Wildman–Crippen MR) is 63.0 cm³/mol. The van der Waals surface area contributed by atoms with Gasteiger partial charge in [-0.05, 0) is 0 Å². The second-order valence-corrected chi connectivity index (χ2v) is 5.52. The van der Waals surface area contributed by atoms with Gasteiger partial charge in [-0.15, -0.1) is 0 Å². The molecule has 11 nitrogen and oxygen atoms in total. The Morgan fingerprint density at radius 1 is 1.43 bits per heavy atom. The lowest BCUT2D eigenvalue weighted by atomic mass is 10.1. The van der Waals surface area contributed by atoms with Crippen LogP contribution in [0.3, 0.4) is 0 Å². The highest BCUT2D eigenvalue weighted by Crippen LogP contribution is 2.34. The molecule has 1 saturated heterocycles. The summed E-state index contributed by atoms with van der Waals surface area (Å²) >= 11 is 0. The van der Waals surface area contributed by atoms with Gasteiger partial charge in [-0.25, -0.2) is 4.79 Å². The molecule has 1 fully saturated rings. The van der Waals surface area contributed by atoms with Gasteiger partial charge in [-0.1, -0.05) is 0 Å². The number of phosphoric acid groups is 1. The molecule has 0 spiro atoms. The largest absolute Gasteiger partial charge is 0.756 e. The molecule has 118 valence electrons. The standard InChI is InChI=1S/C9H13N2O9P/c12-5-1-2-11(9(15)10-5)8-7(14)6(13)4(20-8)3-19-21(16,17)18/h1-2,4,6-8,13-14H,3H2,(H,10,12,15)(H2,16,17,18)/p-1. The zero-order chi connectivity index (χ0) is 15.8. The number of nitrogens with one attached hydrogen (secondary N) is 1. The molecular weight excluding hydrogens is 311 g/mol. The van der Waals surface area contributed by atoms with Crippen LogP contribution in [0.5, 0.6) is 0 Å². The van der Waals surface area contributed by atoms with E-state index in [9.17, 15) is 29.3 Å². The lowest BCUT2D eigenvalue weighted by Crippen LogP contribution is -2.37. The first kappa shape index (κ1) is 16.0. The van der Waals surface area contributed by atoms with Crippen molar-refractivity contribution in [3.63, 3.8) is 0 Å². The van der Waals surface area contributed by atoms with Gasteiger partial charge in [0.2, 0.25) is 0 Å². The molecule has 0 aliphatic carbocycles. The third kappa shape index (κ3) is 3.66. The van der Waals surface area contributed by atoms with E-state index in [-0.39, 0.29) is 0 Å². The van der Waals surface area contributed by atoms with Gasteiger partial charge in [-0.2, -0.15) is 0 Å². The quantitative estimate of drug-likeness (QED) is 0.412. The first-order valence-electron chi connectivity index (χ1n) is 5.70. The highest BCUT2D eigenvalue weighted by molar-refractivity contribution is 7.44. The maximum atomic E-state index is 11.6. The summed E-state index contributed by atoms with van der Waals surface area (Å²) in [5.74, 6) is 0. The van der Waals surface area contributed by atoms with Crippen molar-refractivity contribution in [3.8, 4) is 0 Å². The highest BCUT2D eigenvalue weighted by atomic mass is 31.2. The molecule has 0 radical (unpaired) electrons. The van der Waals surface area contributed by atoms with E-state index in [2.05, 4.69) is 4.52 Å². The zero-order valence-electron chi connectivity index (χ0n) is 10.4. The van der Waals surface area contributed by atoms with Crippen LogP contribution in [0.2, 0.25) is 0 Å². The minimum atomic E-state index is -5.01. The Bertz CT molecular complexity index is 664. The number of phosphoric ester groups is 1. The predicted octanol–water partition coefficient (Wildman–Crippen LogP) is -3.37. The first-order chi connectivity index (χ1) is 9.69. The van der Waals surface area contributed by atoms with Crippen LogP contribution in [-0.2, 0) is 13.8 Å². The third-order valence-electron chi connectivity index (χ3n) is 2.86. The van der Waals surface area contributed by atoms with E-state index >= 15 is 0 Å². The van der Waals surface area contributed by atoms with Gasteiger partial charge in [-0.3, -0.25) is 18.9 Å². The molecule has 1 aliphatic rings. The second kappa shape index (κ2) is 5.81. The summed E-state index contributed by atoms with van der Waals surface area (Å²) in [5.41, 5.74) is -1.53.